The van der Waals surface area contributed by atoms with Gasteiger partial charge in [0.05, 0.1) is 0 Å². The van der Waals surface area contributed by atoms with Crippen LogP contribution in [0.4, 0.5) is 0 Å². The minimum absolute atomic E-state index is 0.167. The van der Waals surface area contributed by atoms with Crippen molar-refractivity contribution in [1.82, 2.24) is 0 Å². The lowest BCUT2D eigenvalue weighted by molar-refractivity contribution is -0.143. The molecule has 4 heteroatoms. The number of nitrogens with zero attached hydrogens (tertiary/aromatic N) is 1. The van der Waals surface area contributed by atoms with E-state index in [9.17, 15) is 9.59 Å². The molecule has 0 heterocycles. The molecule has 0 spiro atoms. The second kappa shape index (κ2) is 6.58. The second-order valence-electron chi connectivity index (χ2n) is 3.59. The Bertz CT molecular complexity index is 424. The van der Waals surface area contributed by atoms with Crippen LogP contribution >= 0.6 is 0 Å². The molecule has 0 N–H and O–H groups in total. The summed E-state index contributed by atoms with van der Waals surface area (Å²) in [6.07, 6.45) is 0.996. The molecule has 0 atom stereocenters. The Morgan fingerprint density at radius 3 is 2.47 bits per heavy atom. The fraction of sp³-hybridized carbons (Fsp3) is 0.308. The molecule has 0 amide bonds. The van der Waals surface area contributed by atoms with Crippen LogP contribution in [0.15, 0.2) is 35.5 Å². The SMILES string of the molecule is CCCC(=O)O/N=C(\C)C(=O)c1ccccc1. The topological polar surface area (TPSA) is 55.7 Å². The summed E-state index contributed by atoms with van der Waals surface area (Å²) in [6.45, 7) is 3.39. The van der Waals surface area contributed by atoms with Gasteiger partial charge in [-0.1, -0.05) is 42.4 Å². The first-order chi connectivity index (χ1) is 8.15. The Balaban J connectivity index is 2.64. The standard InChI is InChI=1S/C13H15NO3/c1-3-7-12(15)17-14-10(2)13(16)11-8-5-4-6-9-11/h4-6,8-9H,3,7H2,1-2H3/b14-10+. The summed E-state index contributed by atoms with van der Waals surface area (Å²) < 4.78 is 0. The van der Waals surface area contributed by atoms with Crippen molar-refractivity contribution in [2.75, 3.05) is 0 Å². The highest BCUT2D eigenvalue weighted by molar-refractivity contribution is 6.45. The predicted octanol–water partition coefficient (Wildman–Crippen LogP) is 2.59. The van der Waals surface area contributed by atoms with Crippen molar-refractivity contribution in [3.8, 4) is 0 Å². The van der Waals surface area contributed by atoms with E-state index in [1.165, 1.54) is 6.92 Å². The quantitative estimate of drug-likeness (QED) is 0.340. The highest BCUT2D eigenvalue weighted by Crippen LogP contribution is 2.02. The van der Waals surface area contributed by atoms with Crippen molar-refractivity contribution in [1.29, 1.82) is 0 Å². The molecule has 0 aromatic heterocycles. The lowest BCUT2D eigenvalue weighted by atomic mass is 10.1. The van der Waals surface area contributed by atoms with Gasteiger partial charge in [-0.2, -0.15) is 0 Å². The van der Waals surface area contributed by atoms with Crippen molar-refractivity contribution in [2.45, 2.75) is 26.7 Å². The van der Waals surface area contributed by atoms with Gasteiger partial charge in [-0.05, 0) is 13.3 Å². The van der Waals surface area contributed by atoms with Crippen LogP contribution in [0.3, 0.4) is 0 Å². The molecule has 0 aliphatic rings. The van der Waals surface area contributed by atoms with Crippen molar-refractivity contribution in [3.63, 3.8) is 0 Å². The molecule has 0 bridgehead atoms. The lowest BCUT2D eigenvalue weighted by Gasteiger charge is -2.00. The molecule has 90 valence electrons. The van der Waals surface area contributed by atoms with Gasteiger partial charge < -0.3 is 4.84 Å². The van der Waals surface area contributed by atoms with Crippen molar-refractivity contribution in [2.24, 2.45) is 5.16 Å². The maximum atomic E-state index is 11.8. The van der Waals surface area contributed by atoms with Gasteiger partial charge in [-0.3, -0.25) is 4.79 Å². The van der Waals surface area contributed by atoms with Gasteiger partial charge in [-0.15, -0.1) is 0 Å². The number of carbonyl (C=O) groups excluding carboxylic acids is 2. The summed E-state index contributed by atoms with van der Waals surface area (Å²) >= 11 is 0. The second-order valence-corrected chi connectivity index (χ2v) is 3.59. The van der Waals surface area contributed by atoms with Gasteiger partial charge in [0, 0.05) is 12.0 Å². The van der Waals surface area contributed by atoms with Gasteiger partial charge in [0.25, 0.3) is 0 Å². The van der Waals surface area contributed by atoms with E-state index in [0.29, 0.717) is 18.4 Å². The lowest BCUT2D eigenvalue weighted by Crippen LogP contribution is -2.12. The smallest absolute Gasteiger partial charge is 0.318 e. The van der Waals surface area contributed by atoms with Crippen LogP contribution in [0.25, 0.3) is 0 Å². The summed E-state index contributed by atoms with van der Waals surface area (Å²) in [5, 5.41) is 3.54. The molecule has 0 saturated heterocycles. The number of benzene rings is 1. The first-order valence-electron chi connectivity index (χ1n) is 5.49. The number of hydrogen-bond donors (Lipinski definition) is 0. The predicted molar refractivity (Wildman–Crippen MR) is 64.9 cm³/mol. The summed E-state index contributed by atoms with van der Waals surface area (Å²) in [5.41, 5.74) is 0.695. The Morgan fingerprint density at radius 2 is 1.88 bits per heavy atom. The third kappa shape index (κ3) is 4.18. The maximum absolute atomic E-state index is 11.8. The van der Waals surface area contributed by atoms with E-state index in [0.717, 1.165) is 0 Å². The first-order valence-corrected chi connectivity index (χ1v) is 5.49. The van der Waals surface area contributed by atoms with E-state index in [4.69, 9.17) is 0 Å². The average Bonchev–Trinajstić information content (AvgIpc) is 2.36. The number of carbonyl (C=O) groups is 2. The van der Waals surface area contributed by atoms with Gasteiger partial charge in [0.2, 0.25) is 5.78 Å². The molecule has 4 nitrogen and oxygen atoms in total. The van der Waals surface area contributed by atoms with E-state index in [1.54, 1.807) is 24.3 Å². The van der Waals surface area contributed by atoms with E-state index >= 15 is 0 Å². The Labute approximate surface area is 100 Å². The molecule has 0 unspecified atom stereocenters. The number of rotatable bonds is 5. The first kappa shape index (κ1) is 13.1. The number of ketones is 1. The molecule has 0 aliphatic heterocycles. The van der Waals surface area contributed by atoms with Gasteiger partial charge >= 0.3 is 5.97 Å². The number of Topliss-reactive ketones (excluding diaryl/α,β-unsaturated/α-hetero) is 1. The summed E-state index contributed by atoms with van der Waals surface area (Å²) in [7, 11) is 0. The minimum atomic E-state index is -0.423. The molecule has 1 aromatic carbocycles. The molecular weight excluding hydrogens is 218 g/mol. The van der Waals surface area contributed by atoms with Crippen molar-refractivity contribution < 1.29 is 14.4 Å². The zero-order chi connectivity index (χ0) is 12.7. The zero-order valence-corrected chi connectivity index (χ0v) is 9.97. The third-order valence-electron chi connectivity index (χ3n) is 2.10. The van der Waals surface area contributed by atoms with Crippen LogP contribution in [0.1, 0.15) is 37.0 Å². The largest absolute Gasteiger partial charge is 0.335 e. The molecule has 0 aliphatic carbocycles. The zero-order valence-electron chi connectivity index (χ0n) is 9.97. The summed E-state index contributed by atoms with van der Waals surface area (Å²) in [4.78, 5) is 27.5. The molecule has 0 saturated carbocycles. The van der Waals surface area contributed by atoms with E-state index < -0.39 is 5.97 Å². The Hall–Kier alpha value is -1.97. The fourth-order valence-corrected chi connectivity index (χ4v) is 1.21. The number of hydrogen-bond acceptors (Lipinski definition) is 4. The van der Waals surface area contributed by atoms with Crippen LogP contribution in [0, 0.1) is 0 Å². The summed E-state index contributed by atoms with van der Waals surface area (Å²) in [6, 6.07) is 8.74. The highest BCUT2D eigenvalue weighted by atomic mass is 16.7. The van der Waals surface area contributed by atoms with Crippen molar-refractivity contribution >= 4 is 17.5 Å². The molecule has 17 heavy (non-hydrogen) atoms. The van der Waals surface area contributed by atoms with Crippen LogP contribution in [0.5, 0.6) is 0 Å². The molecular formula is C13H15NO3. The van der Waals surface area contributed by atoms with Crippen LogP contribution < -0.4 is 0 Å². The molecule has 1 aromatic rings. The van der Waals surface area contributed by atoms with Crippen LogP contribution in [-0.2, 0) is 9.63 Å². The Morgan fingerprint density at radius 1 is 1.24 bits per heavy atom. The Kier molecular flexibility index (Phi) is 5.07. The summed E-state index contributed by atoms with van der Waals surface area (Å²) in [5.74, 6) is -0.664. The monoisotopic (exact) mass is 233 g/mol. The van der Waals surface area contributed by atoms with Gasteiger partial charge in [0.15, 0.2) is 0 Å². The van der Waals surface area contributed by atoms with E-state index in [1.807, 2.05) is 13.0 Å². The minimum Gasteiger partial charge on any atom is -0.318 e. The fourth-order valence-electron chi connectivity index (χ4n) is 1.21. The van der Waals surface area contributed by atoms with Crippen LogP contribution in [-0.4, -0.2) is 17.5 Å². The number of oxime groups is 1. The molecule has 1 rings (SSSR count). The van der Waals surface area contributed by atoms with Gasteiger partial charge in [0.1, 0.15) is 5.71 Å². The van der Waals surface area contributed by atoms with E-state index in [-0.39, 0.29) is 11.5 Å². The third-order valence-corrected chi connectivity index (χ3v) is 2.10. The normalized spacial score (nSPS) is 11.1. The van der Waals surface area contributed by atoms with Gasteiger partial charge in [-0.25, -0.2) is 4.79 Å². The average molecular weight is 233 g/mol. The van der Waals surface area contributed by atoms with E-state index in [2.05, 4.69) is 9.99 Å². The molecule has 0 fully saturated rings. The van der Waals surface area contributed by atoms with Crippen molar-refractivity contribution in [3.05, 3.63) is 35.9 Å². The maximum Gasteiger partial charge on any atom is 0.335 e. The molecule has 0 radical (unpaired) electrons. The highest BCUT2D eigenvalue weighted by Gasteiger charge is 2.10. The van der Waals surface area contributed by atoms with Crippen LogP contribution in [0.2, 0.25) is 0 Å².